The molecule has 2 aliphatic rings. The zero-order valence-corrected chi connectivity index (χ0v) is 20.9. The van der Waals surface area contributed by atoms with Crippen molar-refractivity contribution in [1.29, 1.82) is 0 Å². The van der Waals surface area contributed by atoms with Crippen molar-refractivity contribution in [2.24, 2.45) is 10.9 Å². The Morgan fingerprint density at radius 2 is 1.81 bits per heavy atom. The molecular formula is C25H27Cl2N5O4. The van der Waals surface area contributed by atoms with Crippen LogP contribution in [0.15, 0.2) is 47.5 Å². The summed E-state index contributed by atoms with van der Waals surface area (Å²) in [6, 6.07) is 10.5. The number of aliphatic carboxylic acids is 1. The van der Waals surface area contributed by atoms with Crippen LogP contribution in [-0.4, -0.2) is 54.0 Å². The quantitative estimate of drug-likeness (QED) is 0.355. The molecule has 4 rings (SSSR count). The van der Waals surface area contributed by atoms with Gasteiger partial charge >= 0.3 is 5.97 Å². The van der Waals surface area contributed by atoms with Gasteiger partial charge in [0.05, 0.1) is 22.2 Å². The highest BCUT2D eigenvalue weighted by Crippen LogP contribution is 2.27. The number of carbonyl (C=O) groups excluding carboxylic acids is 2. The molecule has 11 heteroatoms. The summed E-state index contributed by atoms with van der Waals surface area (Å²) in [4.78, 5) is 41.5. The Morgan fingerprint density at radius 1 is 1.08 bits per heavy atom. The maximum atomic E-state index is 12.7. The van der Waals surface area contributed by atoms with Crippen LogP contribution in [0.25, 0.3) is 0 Å². The molecule has 36 heavy (non-hydrogen) atoms. The predicted octanol–water partition coefficient (Wildman–Crippen LogP) is 3.08. The van der Waals surface area contributed by atoms with E-state index in [0.29, 0.717) is 11.3 Å². The first-order chi connectivity index (χ1) is 17.3. The Morgan fingerprint density at radius 3 is 2.44 bits per heavy atom. The number of carboxylic acid groups (broad SMARTS) is 1. The lowest BCUT2D eigenvalue weighted by Crippen LogP contribution is -2.42. The van der Waals surface area contributed by atoms with Crippen molar-refractivity contribution >= 4 is 52.6 Å². The minimum atomic E-state index is -1.19. The van der Waals surface area contributed by atoms with Gasteiger partial charge in [-0.15, -0.1) is 0 Å². The van der Waals surface area contributed by atoms with E-state index in [1.165, 1.54) is 12.1 Å². The summed E-state index contributed by atoms with van der Waals surface area (Å²) in [6.07, 6.45) is 2.48. The summed E-state index contributed by atoms with van der Waals surface area (Å²) in [5.41, 5.74) is 1.34. The third-order valence-corrected chi connectivity index (χ3v) is 6.90. The summed E-state index contributed by atoms with van der Waals surface area (Å²) in [5.74, 6) is -1.18. The Balaban J connectivity index is 1.31. The minimum Gasteiger partial charge on any atom is -0.480 e. The average molecular weight is 532 g/mol. The molecule has 2 amide bonds. The standard InChI is InChI=1S/C25H27Cl2N5O4/c26-18-2-1-3-19(27)21(18)23(34)32-20(24(35)36)12-14-4-7-16(8-5-14)30-22(33)15-6-9-17(13-15)31-25-28-10-11-29-25/h1-5,7-8,15,17,20H,6,9-13H2,(H,30,33)(H,32,34)(H,35,36)(H2,28,29,31)/t15-,17-,20+/m1/s1. The van der Waals surface area contributed by atoms with E-state index in [2.05, 4.69) is 26.3 Å². The largest absolute Gasteiger partial charge is 0.480 e. The van der Waals surface area contributed by atoms with Crippen molar-refractivity contribution in [2.45, 2.75) is 37.8 Å². The molecule has 1 saturated carbocycles. The number of nitrogens with zero attached hydrogens (tertiary/aromatic N) is 1. The fraction of sp³-hybridized carbons (Fsp3) is 0.360. The Labute approximate surface area is 218 Å². The first kappa shape index (κ1) is 25.8. The molecular weight excluding hydrogens is 505 g/mol. The van der Waals surface area contributed by atoms with Crippen molar-refractivity contribution < 1.29 is 19.5 Å². The van der Waals surface area contributed by atoms with E-state index < -0.39 is 17.9 Å². The molecule has 1 aliphatic carbocycles. The van der Waals surface area contributed by atoms with Gasteiger partial charge in [0.15, 0.2) is 5.96 Å². The number of benzene rings is 2. The van der Waals surface area contributed by atoms with Gasteiger partial charge in [0.25, 0.3) is 5.91 Å². The van der Waals surface area contributed by atoms with Gasteiger partial charge < -0.3 is 26.4 Å². The molecule has 0 bridgehead atoms. The number of amides is 2. The van der Waals surface area contributed by atoms with E-state index in [4.69, 9.17) is 23.2 Å². The third kappa shape index (κ3) is 6.47. The van der Waals surface area contributed by atoms with Gasteiger partial charge in [0, 0.05) is 30.6 Å². The van der Waals surface area contributed by atoms with Crippen LogP contribution in [-0.2, 0) is 16.0 Å². The normalized spacial score (nSPS) is 19.7. The Bertz CT molecular complexity index is 1150. The molecule has 0 aromatic heterocycles. The smallest absolute Gasteiger partial charge is 0.326 e. The molecule has 0 spiro atoms. The molecule has 0 radical (unpaired) electrons. The number of aliphatic imine (C=N–C) groups is 1. The lowest BCUT2D eigenvalue weighted by molar-refractivity contribution is -0.139. The molecule has 5 N–H and O–H groups in total. The van der Waals surface area contributed by atoms with Crippen LogP contribution in [0.5, 0.6) is 0 Å². The number of hydrogen-bond donors (Lipinski definition) is 5. The van der Waals surface area contributed by atoms with Gasteiger partial charge in [-0.2, -0.15) is 0 Å². The van der Waals surface area contributed by atoms with Crippen molar-refractivity contribution in [3.05, 3.63) is 63.6 Å². The monoisotopic (exact) mass is 531 g/mol. The number of carboxylic acids is 1. The second-order valence-corrected chi connectivity index (χ2v) is 9.67. The molecule has 0 saturated heterocycles. The van der Waals surface area contributed by atoms with Gasteiger partial charge in [-0.1, -0.05) is 41.4 Å². The Hall–Kier alpha value is -3.30. The summed E-state index contributed by atoms with van der Waals surface area (Å²) in [6.45, 7) is 1.61. The first-order valence-corrected chi connectivity index (χ1v) is 12.5. The molecule has 1 heterocycles. The van der Waals surface area contributed by atoms with Gasteiger partial charge in [-0.25, -0.2) is 4.79 Å². The van der Waals surface area contributed by atoms with Crippen molar-refractivity contribution in [2.75, 3.05) is 18.4 Å². The van der Waals surface area contributed by atoms with Crippen molar-refractivity contribution in [3.8, 4) is 0 Å². The van der Waals surface area contributed by atoms with Gasteiger partial charge in [-0.05, 0) is 49.1 Å². The van der Waals surface area contributed by atoms with Crippen LogP contribution < -0.4 is 21.3 Å². The zero-order valence-electron chi connectivity index (χ0n) is 19.4. The van der Waals surface area contributed by atoms with E-state index in [-0.39, 0.29) is 39.9 Å². The highest BCUT2D eigenvalue weighted by Gasteiger charge is 2.31. The fourth-order valence-electron chi connectivity index (χ4n) is 4.39. The molecule has 9 nitrogen and oxygen atoms in total. The van der Waals surface area contributed by atoms with E-state index in [1.807, 2.05) is 0 Å². The van der Waals surface area contributed by atoms with Crippen LogP contribution in [0.2, 0.25) is 10.0 Å². The van der Waals surface area contributed by atoms with Crippen molar-refractivity contribution in [3.63, 3.8) is 0 Å². The van der Waals surface area contributed by atoms with E-state index in [9.17, 15) is 19.5 Å². The fourth-order valence-corrected chi connectivity index (χ4v) is 4.96. The minimum absolute atomic E-state index is 0.0296. The second-order valence-electron chi connectivity index (χ2n) is 8.86. The van der Waals surface area contributed by atoms with Crippen LogP contribution in [0.3, 0.4) is 0 Å². The molecule has 1 fully saturated rings. The lowest BCUT2D eigenvalue weighted by Gasteiger charge is -2.17. The van der Waals surface area contributed by atoms with Crippen LogP contribution >= 0.6 is 23.2 Å². The summed E-state index contributed by atoms with van der Waals surface area (Å²) < 4.78 is 0. The van der Waals surface area contributed by atoms with E-state index in [1.54, 1.807) is 30.3 Å². The average Bonchev–Trinajstić information content (AvgIpc) is 3.52. The molecule has 1 aliphatic heterocycles. The van der Waals surface area contributed by atoms with E-state index >= 15 is 0 Å². The van der Waals surface area contributed by atoms with Crippen LogP contribution in [0, 0.1) is 5.92 Å². The second kappa shape index (κ2) is 11.6. The molecule has 3 atom stereocenters. The first-order valence-electron chi connectivity index (χ1n) is 11.7. The molecule has 2 aromatic rings. The number of rotatable bonds is 8. The highest BCUT2D eigenvalue weighted by atomic mass is 35.5. The SMILES string of the molecule is O=C(N[C@@H](Cc1ccc(NC(=O)[C@@H]2CC[C@@H](NC3=NCCN3)C2)cc1)C(=O)O)c1c(Cl)cccc1Cl. The Kier molecular flexibility index (Phi) is 8.32. The highest BCUT2D eigenvalue weighted by molar-refractivity contribution is 6.39. The van der Waals surface area contributed by atoms with Gasteiger partial charge in [-0.3, -0.25) is 14.6 Å². The van der Waals surface area contributed by atoms with Crippen LogP contribution in [0.4, 0.5) is 5.69 Å². The summed E-state index contributed by atoms with van der Waals surface area (Å²) in [5, 5.41) is 21.9. The van der Waals surface area contributed by atoms with E-state index in [0.717, 1.165) is 38.3 Å². The lowest BCUT2D eigenvalue weighted by atomic mass is 10.0. The van der Waals surface area contributed by atoms with Gasteiger partial charge in [0.1, 0.15) is 6.04 Å². The van der Waals surface area contributed by atoms with Crippen LogP contribution in [0.1, 0.15) is 35.2 Å². The third-order valence-electron chi connectivity index (χ3n) is 6.27. The van der Waals surface area contributed by atoms with Gasteiger partial charge in [0.2, 0.25) is 5.91 Å². The number of hydrogen-bond acceptors (Lipinski definition) is 6. The summed E-state index contributed by atoms with van der Waals surface area (Å²) >= 11 is 12.1. The topological polar surface area (TPSA) is 132 Å². The number of nitrogens with one attached hydrogen (secondary N) is 4. The maximum Gasteiger partial charge on any atom is 0.326 e. The number of carbonyl (C=O) groups is 3. The molecule has 2 aromatic carbocycles. The summed E-state index contributed by atoms with van der Waals surface area (Å²) in [7, 11) is 0. The molecule has 0 unspecified atom stereocenters. The number of anilines is 1. The maximum absolute atomic E-state index is 12.7. The molecule has 190 valence electrons. The predicted molar refractivity (Wildman–Crippen MR) is 139 cm³/mol. The van der Waals surface area contributed by atoms with Crippen molar-refractivity contribution in [1.82, 2.24) is 16.0 Å². The number of guanidine groups is 1. The zero-order chi connectivity index (χ0) is 25.7. The number of halogens is 2.